The van der Waals surface area contributed by atoms with Crippen molar-refractivity contribution in [1.82, 2.24) is 29.9 Å². The lowest BCUT2D eigenvalue weighted by Gasteiger charge is -2.08. The molecule has 126 valence electrons. The number of hydrogen-bond acceptors (Lipinski definition) is 5. The van der Waals surface area contributed by atoms with Crippen molar-refractivity contribution in [3.8, 4) is 5.88 Å². The van der Waals surface area contributed by atoms with Crippen molar-refractivity contribution in [2.75, 3.05) is 7.11 Å². The minimum Gasteiger partial charge on any atom is -0.481 e. The number of benzene rings is 1. The van der Waals surface area contributed by atoms with Gasteiger partial charge in [0.2, 0.25) is 5.88 Å². The smallest absolute Gasteiger partial charge is 0.216 e. The molecule has 24 heavy (non-hydrogen) atoms. The van der Waals surface area contributed by atoms with Crippen LogP contribution in [0.25, 0.3) is 0 Å². The third-order valence-corrected chi connectivity index (χ3v) is 3.95. The number of aromatic nitrogens is 5. The first-order valence-corrected chi connectivity index (χ1v) is 7.84. The van der Waals surface area contributed by atoms with Crippen molar-refractivity contribution in [3.05, 3.63) is 59.3 Å². The molecular formula is C17H22N6O. The van der Waals surface area contributed by atoms with Gasteiger partial charge in [-0.2, -0.15) is 10.2 Å². The van der Waals surface area contributed by atoms with Crippen molar-refractivity contribution in [2.24, 2.45) is 7.05 Å². The molecule has 0 aliphatic carbocycles. The van der Waals surface area contributed by atoms with Gasteiger partial charge in [0.05, 0.1) is 24.9 Å². The summed E-state index contributed by atoms with van der Waals surface area (Å²) in [5.74, 6) is 0.809. The van der Waals surface area contributed by atoms with Gasteiger partial charge in [-0.15, -0.1) is 0 Å². The number of nitrogens with zero attached hydrogens (tertiary/aromatic N) is 5. The second kappa shape index (κ2) is 7.27. The van der Waals surface area contributed by atoms with Crippen LogP contribution in [0.15, 0.2) is 36.9 Å². The summed E-state index contributed by atoms with van der Waals surface area (Å²) in [4.78, 5) is 3.95. The van der Waals surface area contributed by atoms with Gasteiger partial charge >= 0.3 is 0 Å². The van der Waals surface area contributed by atoms with Crippen LogP contribution in [-0.2, 0) is 26.7 Å². The van der Waals surface area contributed by atoms with Crippen LogP contribution in [-0.4, -0.2) is 31.7 Å². The summed E-state index contributed by atoms with van der Waals surface area (Å²) >= 11 is 0. The van der Waals surface area contributed by atoms with Gasteiger partial charge in [-0.25, -0.2) is 14.3 Å². The van der Waals surface area contributed by atoms with Crippen molar-refractivity contribution in [1.29, 1.82) is 0 Å². The van der Waals surface area contributed by atoms with Gasteiger partial charge in [-0.05, 0) is 18.1 Å². The lowest BCUT2D eigenvalue weighted by molar-refractivity contribution is 0.368. The van der Waals surface area contributed by atoms with Crippen LogP contribution < -0.4 is 10.1 Å². The highest BCUT2D eigenvalue weighted by molar-refractivity contribution is 5.31. The van der Waals surface area contributed by atoms with Crippen molar-refractivity contribution < 1.29 is 4.74 Å². The summed E-state index contributed by atoms with van der Waals surface area (Å²) in [5, 5.41) is 12.0. The highest BCUT2D eigenvalue weighted by atomic mass is 16.5. The maximum atomic E-state index is 5.41. The Bertz CT molecular complexity index is 776. The predicted molar refractivity (Wildman–Crippen MR) is 90.6 cm³/mol. The quantitative estimate of drug-likeness (QED) is 0.715. The molecule has 1 N–H and O–H groups in total. The first-order valence-electron chi connectivity index (χ1n) is 7.84. The molecule has 0 spiro atoms. The minimum absolute atomic E-state index is 0.726. The summed E-state index contributed by atoms with van der Waals surface area (Å²) in [5.41, 5.74) is 4.53. The van der Waals surface area contributed by atoms with E-state index < -0.39 is 0 Å². The zero-order chi connectivity index (χ0) is 16.9. The molecule has 3 rings (SSSR count). The van der Waals surface area contributed by atoms with E-state index in [0.29, 0.717) is 0 Å². The molecule has 0 aliphatic heterocycles. The van der Waals surface area contributed by atoms with Gasteiger partial charge < -0.3 is 10.1 Å². The molecule has 0 aliphatic rings. The fraction of sp³-hybridized carbons (Fsp3) is 0.353. The highest BCUT2D eigenvalue weighted by Crippen LogP contribution is 2.20. The zero-order valence-electron chi connectivity index (χ0n) is 14.2. The van der Waals surface area contributed by atoms with E-state index in [9.17, 15) is 0 Å². The van der Waals surface area contributed by atoms with E-state index in [0.717, 1.165) is 36.8 Å². The summed E-state index contributed by atoms with van der Waals surface area (Å²) in [6.07, 6.45) is 3.27. The Balaban J connectivity index is 1.55. The molecule has 2 aromatic heterocycles. The van der Waals surface area contributed by atoms with Crippen LogP contribution in [0.5, 0.6) is 5.88 Å². The molecule has 0 atom stereocenters. The number of ether oxygens (including phenoxy) is 1. The van der Waals surface area contributed by atoms with Crippen molar-refractivity contribution in [2.45, 2.75) is 26.6 Å². The largest absolute Gasteiger partial charge is 0.481 e. The normalized spacial score (nSPS) is 11.0. The monoisotopic (exact) mass is 326 g/mol. The van der Waals surface area contributed by atoms with Gasteiger partial charge in [0.25, 0.3) is 0 Å². The van der Waals surface area contributed by atoms with E-state index in [1.807, 2.05) is 18.7 Å². The minimum atomic E-state index is 0.726. The van der Waals surface area contributed by atoms with Crippen molar-refractivity contribution in [3.63, 3.8) is 0 Å². The highest BCUT2D eigenvalue weighted by Gasteiger charge is 2.12. The molecule has 0 saturated heterocycles. The number of rotatable bonds is 7. The van der Waals surface area contributed by atoms with E-state index in [1.54, 1.807) is 24.4 Å². The number of aryl methyl sites for hydroxylation is 2. The summed E-state index contributed by atoms with van der Waals surface area (Å²) < 4.78 is 8.99. The van der Waals surface area contributed by atoms with Gasteiger partial charge in [-0.1, -0.05) is 24.3 Å². The fourth-order valence-corrected chi connectivity index (χ4v) is 2.74. The summed E-state index contributed by atoms with van der Waals surface area (Å²) in [7, 11) is 3.57. The average Bonchev–Trinajstić information content (AvgIpc) is 3.17. The van der Waals surface area contributed by atoms with E-state index in [1.165, 1.54) is 11.1 Å². The Kier molecular flexibility index (Phi) is 4.90. The Labute approximate surface area is 141 Å². The Hall–Kier alpha value is -2.67. The molecule has 7 heteroatoms. The third kappa shape index (κ3) is 3.62. The molecule has 7 nitrogen and oxygen atoms in total. The predicted octanol–water partition coefficient (Wildman–Crippen LogP) is 1.67. The van der Waals surface area contributed by atoms with E-state index in [-0.39, 0.29) is 0 Å². The second-order valence-electron chi connectivity index (χ2n) is 5.71. The molecule has 0 amide bonds. The van der Waals surface area contributed by atoms with Gasteiger partial charge in [0.15, 0.2) is 0 Å². The first kappa shape index (κ1) is 16.2. The summed E-state index contributed by atoms with van der Waals surface area (Å²) in [6, 6.07) is 8.50. The van der Waals surface area contributed by atoms with Crippen LogP contribution in [0.4, 0.5) is 0 Å². The third-order valence-electron chi connectivity index (χ3n) is 3.95. The Morgan fingerprint density at radius 1 is 1.12 bits per heavy atom. The van der Waals surface area contributed by atoms with Gasteiger partial charge in [-0.3, -0.25) is 0 Å². The lowest BCUT2D eigenvalue weighted by atomic mass is 10.1. The van der Waals surface area contributed by atoms with Crippen LogP contribution in [0, 0.1) is 6.92 Å². The second-order valence-corrected chi connectivity index (χ2v) is 5.71. The summed E-state index contributed by atoms with van der Waals surface area (Å²) in [6.45, 7) is 4.25. The van der Waals surface area contributed by atoms with E-state index in [2.05, 4.69) is 44.8 Å². The molecule has 0 unspecified atom stereocenters. The average molecular weight is 326 g/mol. The van der Waals surface area contributed by atoms with Gasteiger partial charge in [0, 0.05) is 20.1 Å². The maximum absolute atomic E-state index is 5.41. The molecule has 3 aromatic rings. The molecule has 0 fully saturated rings. The standard InChI is InChI=1S/C17H22N6O/c1-13-16(17(24-3)22(2)21-13)9-18-8-14-4-6-15(7-5-14)10-23-12-19-11-20-23/h4-7,11-12,18H,8-10H2,1-3H3. The lowest BCUT2D eigenvalue weighted by Crippen LogP contribution is -2.14. The molecule has 0 bridgehead atoms. The van der Waals surface area contributed by atoms with Crippen LogP contribution in [0.3, 0.4) is 0 Å². The molecule has 0 radical (unpaired) electrons. The van der Waals surface area contributed by atoms with Crippen molar-refractivity contribution >= 4 is 0 Å². The Morgan fingerprint density at radius 3 is 2.54 bits per heavy atom. The Morgan fingerprint density at radius 2 is 1.88 bits per heavy atom. The zero-order valence-corrected chi connectivity index (χ0v) is 14.2. The van der Waals surface area contributed by atoms with Gasteiger partial charge in [0.1, 0.15) is 12.7 Å². The SMILES string of the molecule is COc1c(CNCc2ccc(Cn3cncn3)cc2)c(C)nn1C. The molecule has 1 aromatic carbocycles. The first-order chi connectivity index (χ1) is 11.7. The number of nitrogens with one attached hydrogen (secondary N) is 1. The van der Waals surface area contributed by atoms with Crippen LogP contribution in [0.1, 0.15) is 22.4 Å². The van der Waals surface area contributed by atoms with E-state index in [4.69, 9.17) is 4.74 Å². The maximum Gasteiger partial charge on any atom is 0.216 e. The van der Waals surface area contributed by atoms with E-state index >= 15 is 0 Å². The number of hydrogen-bond donors (Lipinski definition) is 1. The van der Waals surface area contributed by atoms with Crippen LogP contribution in [0.2, 0.25) is 0 Å². The molecule has 0 saturated carbocycles. The topological polar surface area (TPSA) is 69.8 Å². The fourth-order valence-electron chi connectivity index (χ4n) is 2.74. The molecule has 2 heterocycles. The number of methoxy groups -OCH3 is 1. The molecular weight excluding hydrogens is 304 g/mol. The van der Waals surface area contributed by atoms with Crippen LogP contribution >= 0.6 is 0 Å².